The van der Waals surface area contributed by atoms with E-state index in [0.717, 1.165) is 36.0 Å². The van der Waals surface area contributed by atoms with Crippen molar-refractivity contribution in [3.8, 4) is 0 Å². The summed E-state index contributed by atoms with van der Waals surface area (Å²) in [6, 6.07) is 0.531. The molecule has 0 aliphatic heterocycles. The van der Waals surface area contributed by atoms with E-state index < -0.39 is 0 Å². The van der Waals surface area contributed by atoms with Gasteiger partial charge in [0.15, 0.2) is 5.78 Å². The molecule has 1 N–H and O–H groups in total. The Morgan fingerprint density at radius 2 is 1.64 bits per heavy atom. The van der Waals surface area contributed by atoms with E-state index in [1.54, 1.807) is 0 Å². The standard InChI is InChI=1S/C20H31NO/c1-12(21-17-9-18(22)11-20(2,3)10-17)19-15-5-13-4-14(7-15)8-16(19)6-13/h9,12-16,19,21H,4-8,10-11H2,1-3H3. The Balaban J connectivity index is 1.46. The fourth-order valence-corrected chi connectivity index (χ4v) is 6.61. The first-order valence-electron chi connectivity index (χ1n) is 9.39. The Labute approximate surface area is 135 Å². The zero-order valence-corrected chi connectivity index (χ0v) is 14.4. The maximum Gasteiger partial charge on any atom is 0.157 e. The van der Waals surface area contributed by atoms with E-state index in [1.165, 1.54) is 37.8 Å². The molecule has 2 nitrogen and oxygen atoms in total. The van der Waals surface area contributed by atoms with Gasteiger partial charge in [-0.05, 0) is 80.5 Å². The molecule has 0 amide bonds. The second-order valence-electron chi connectivity index (χ2n) is 9.59. The second kappa shape index (κ2) is 5.11. The summed E-state index contributed by atoms with van der Waals surface area (Å²) in [6.45, 7) is 6.81. The number of hydrogen-bond acceptors (Lipinski definition) is 2. The number of carbonyl (C=O) groups is 1. The highest BCUT2D eigenvalue weighted by Gasteiger charge is 2.49. The summed E-state index contributed by atoms with van der Waals surface area (Å²) in [7, 11) is 0. The van der Waals surface area contributed by atoms with Crippen molar-refractivity contribution in [1.29, 1.82) is 0 Å². The predicted octanol–water partition coefficient (Wildman–Crippen LogP) is 4.31. The molecule has 4 fully saturated rings. The third-order valence-electron chi connectivity index (χ3n) is 6.95. The lowest BCUT2D eigenvalue weighted by Gasteiger charge is -2.56. The third kappa shape index (κ3) is 2.63. The first-order valence-corrected chi connectivity index (χ1v) is 9.39. The minimum absolute atomic E-state index is 0.123. The molecule has 0 aromatic rings. The first kappa shape index (κ1) is 14.8. The monoisotopic (exact) mass is 301 g/mol. The maximum absolute atomic E-state index is 12.0. The van der Waals surface area contributed by atoms with Crippen LogP contribution in [-0.2, 0) is 4.79 Å². The number of allylic oxidation sites excluding steroid dienone is 2. The number of ketones is 1. The van der Waals surface area contributed by atoms with Crippen molar-refractivity contribution >= 4 is 5.78 Å². The number of nitrogens with one attached hydrogen (secondary N) is 1. The summed E-state index contributed by atoms with van der Waals surface area (Å²) >= 11 is 0. The molecule has 1 unspecified atom stereocenters. The van der Waals surface area contributed by atoms with Gasteiger partial charge >= 0.3 is 0 Å². The van der Waals surface area contributed by atoms with Crippen molar-refractivity contribution in [2.24, 2.45) is 35.0 Å². The molecule has 0 heterocycles. The van der Waals surface area contributed by atoms with Crippen molar-refractivity contribution in [2.75, 3.05) is 0 Å². The van der Waals surface area contributed by atoms with Gasteiger partial charge in [-0.2, -0.15) is 0 Å². The third-order valence-corrected chi connectivity index (χ3v) is 6.95. The molecule has 0 saturated heterocycles. The van der Waals surface area contributed by atoms with Crippen LogP contribution in [-0.4, -0.2) is 11.8 Å². The summed E-state index contributed by atoms with van der Waals surface area (Å²) in [5, 5.41) is 3.77. The molecule has 1 atom stereocenters. The maximum atomic E-state index is 12.0. The largest absolute Gasteiger partial charge is 0.385 e. The number of carbonyl (C=O) groups excluding carboxylic acids is 1. The molecule has 4 bridgehead atoms. The molecule has 4 saturated carbocycles. The Hall–Kier alpha value is -0.790. The van der Waals surface area contributed by atoms with Crippen molar-refractivity contribution in [1.82, 2.24) is 5.32 Å². The van der Waals surface area contributed by atoms with Crippen LogP contribution in [0.1, 0.15) is 65.7 Å². The fourth-order valence-electron chi connectivity index (χ4n) is 6.61. The molecule has 5 rings (SSSR count). The lowest BCUT2D eigenvalue weighted by Crippen LogP contribution is -2.52. The van der Waals surface area contributed by atoms with Gasteiger partial charge in [-0.3, -0.25) is 4.79 Å². The number of hydrogen-bond donors (Lipinski definition) is 1. The molecular formula is C20H31NO. The molecule has 22 heavy (non-hydrogen) atoms. The van der Waals surface area contributed by atoms with E-state index in [-0.39, 0.29) is 5.41 Å². The quantitative estimate of drug-likeness (QED) is 0.841. The van der Waals surface area contributed by atoms with Crippen LogP contribution in [0.2, 0.25) is 0 Å². The van der Waals surface area contributed by atoms with Crippen LogP contribution in [0.4, 0.5) is 0 Å². The minimum Gasteiger partial charge on any atom is -0.385 e. The highest BCUT2D eigenvalue weighted by atomic mass is 16.1. The van der Waals surface area contributed by atoms with Gasteiger partial charge in [-0.15, -0.1) is 0 Å². The zero-order valence-electron chi connectivity index (χ0n) is 14.4. The topological polar surface area (TPSA) is 29.1 Å². The Morgan fingerprint density at radius 1 is 1.05 bits per heavy atom. The Morgan fingerprint density at radius 3 is 2.18 bits per heavy atom. The molecule has 5 aliphatic rings. The van der Waals surface area contributed by atoms with Crippen LogP contribution in [0.3, 0.4) is 0 Å². The average Bonchev–Trinajstić information content (AvgIpc) is 2.34. The van der Waals surface area contributed by atoms with Crippen molar-refractivity contribution in [3.63, 3.8) is 0 Å². The van der Waals surface area contributed by atoms with Crippen molar-refractivity contribution in [2.45, 2.75) is 71.8 Å². The molecule has 0 aromatic heterocycles. The molecule has 2 heteroatoms. The summed E-state index contributed by atoms with van der Waals surface area (Å²) in [4.78, 5) is 12.0. The summed E-state index contributed by atoms with van der Waals surface area (Å²) in [5.74, 6) is 5.13. The smallest absolute Gasteiger partial charge is 0.157 e. The fraction of sp³-hybridized carbons (Fsp3) is 0.850. The van der Waals surface area contributed by atoms with Gasteiger partial charge in [0.25, 0.3) is 0 Å². The van der Waals surface area contributed by atoms with Crippen LogP contribution < -0.4 is 5.32 Å². The molecule has 5 aliphatic carbocycles. The minimum atomic E-state index is 0.123. The zero-order chi connectivity index (χ0) is 15.5. The van der Waals surface area contributed by atoms with Gasteiger partial charge in [-0.25, -0.2) is 0 Å². The molecular weight excluding hydrogens is 270 g/mol. The van der Waals surface area contributed by atoms with E-state index in [0.29, 0.717) is 18.2 Å². The van der Waals surface area contributed by atoms with Gasteiger partial charge in [0, 0.05) is 24.2 Å². The lowest BCUT2D eigenvalue weighted by atomic mass is 9.50. The van der Waals surface area contributed by atoms with Crippen LogP contribution in [0.25, 0.3) is 0 Å². The van der Waals surface area contributed by atoms with Crippen molar-refractivity contribution in [3.05, 3.63) is 11.8 Å². The van der Waals surface area contributed by atoms with Gasteiger partial charge in [0.05, 0.1) is 0 Å². The molecule has 0 spiro atoms. The normalized spacial score (nSPS) is 43.9. The van der Waals surface area contributed by atoms with Crippen LogP contribution in [0, 0.1) is 35.0 Å². The highest BCUT2D eigenvalue weighted by Crippen LogP contribution is 2.57. The first-order chi connectivity index (χ1) is 10.4. The van der Waals surface area contributed by atoms with Crippen LogP contribution in [0.15, 0.2) is 11.8 Å². The average molecular weight is 301 g/mol. The summed E-state index contributed by atoms with van der Waals surface area (Å²) in [5.41, 5.74) is 1.32. The Bertz CT molecular complexity index is 476. The van der Waals surface area contributed by atoms with E-state index in [2.05, 4.69) is 26.1 Å². The van der Waals surface area contributed by atoms with Gasteiger partial charge in [0.2, 0.25) is 0 Å². The second-order valence-corrected chi connectivity index (χ2v) is 9.59. The molecule has 0 radical (unpaired) electrons. The summed E-state index contributed by atoms with van der Waals surface area (Å²) < 4.78 is 0. The molecule has 0 aromatic carbocycles. The number of rotatable bonds is 3. The van der Waals surface area contributed by atoms with E-state index in [4.69, 9.17) is 0 Å². The van der Waals surface area contributed by atoms with E-state index >= 15 is 0 Å². The predicted molar refractivity (Wildman–Crippen MR) is 89.2 cm³/mol. The van der Waals surface area contributed by atoms with E-state index in [1.807, 2.05) is 6.08 Å². The van der Waals surface area contributed by atoms with Crippen LogP contribution in [0.5, 0.6) is 0 Å². The molecule has 122 valence electrons. The Kier molecular flexibility index (Phi) is 3.43. The SMILES string of the molecule is CC(NC1=CC(=O)CC(C)(C)C1)C1C2CC3CC(C2)CC1C3. The van der Waals surface area contributed by atoms with E-state index in [9.17, 15) is 4.79 Å². The summed E-state index contributed by atoms with van der Waals surface area (Å²) in [6.07, 6.45) is 11.1. The van der Waals surface area contributed by atoms with Crippen LogP contribution >= 0.6 is 0 Å². The van der Waals surface area contributed by atoms with Gasteiger partial charge < -0.3 is 5.32 Å². The lowest BCUT2D eigenvalue weighted by molar-refractivity contribution is -0.117. The van der Waals surface area contributed by atoms with Gasteiger partial charge in [-0.1, -0.05) is 13.8 Å². The highest BCUT2D eigenvalue weighted by molar-refractivity contribution is 5.91. The van der Waals surface area contributed by atoms with Crippen molar-refractivity contribution < 1.29 is 4.79 Å². The van der Waals surface area contributed by atoms with Gasteiger partial charge in [0.1, 0.15) is 0 Å².